The van der Waals surface area contributed by atoms with Gasteiger partial charge in [-0.2, -0.15) is 4.52 Å². The van der Waals surface area contributed by atoms with Crippen LogP contribution >= 0.6 is 0 Å². The van der Waals surface area contributed by atoms with Crippen molar-refractivity contribution < 1.29 is 29.3 Å². The van der Waals surface area contributed by atoms with Crippen molar-refractivity contribution in [3.63, 3.8) is 0 Å². The molecular weight excluding hydrogens is 502 g/mol. The summed E-state index contributed by atoms with van der Waals surface area (Å²) < 4.78 is 12.8. The second kappa shape index (κ2) is 11.9. The number of nitrogens with zero attached hydrogens (tertiary/aromatic N) is 4. The summed E-state index contributed by atoms with van der Waals surface area (Å²) in [5.41, 5.74) is 1.61. The van der Waals surface area contributed by atoms with Crippen LogP contribution in [0.15, 0.2) is 24.3 Å². The average Bonchev–Trinajstić information content (AvgIpc) is 3.46. The molecule has 1 amide bonds. The molecule has 0 spiro atoms. The highest BCUT2D eigenvalue weighted by molar-refractivity contribution is 6.05. The van der Waals surface area contributed by atoms with Gasteiger partial charge in [-0.1, -0.05) is 36.2 Å². The van der Waals surface area contributed by atoms with E-state index in [1.165, 1.54) is 9.42 Å². The number of H-pyrrole nitrogens is 1. The monoisotopic (exact) mass is 537 g/mol. The lowest BCUT2D eigenvalue weighted by molar-refractivity contribution is -0.0492. The summed E-state index contributed by atoms with van der Waals surface area (Å²) in [5.74, 6) is -1.27. The standard InChI is InChI=1S/C28H35N5O6/c1-6-32(16(2)3)28(37)39-26-22(29-5)21(27(36)38-23-19(14-34)8-7-9-20(23)15-35)25-30-24(31-33(25)26)18-12-10-17(4)11-13-18/h10-13,16,19-20,23,34-35H,6-9,14-15H2,1-4H3,(H,30,31). The Hall–Kier alpha value is -3.88. The quantitative estimate of drug-likeness (QED) is 0.287. The molecule has 3 N–H and O–H groups in total. The van der Waals surface area contributed by atoms with Crippen molar-refractivity contribution in [2.24, 2.45) is 11.8 Å². The number of aromatic nitrogens is 3. The van der Waals surface area contributed by atoms with E-state index in [4.69, 9.17) is 16.0 Å². The number of aliphatic hydroxyl groups is 2. The highest BCUT2D eigenvalue weighted by Crippen LogP contribution is 2.40. The zero-order chi connectivity index (χ0) is 28.3. The number of hydrogen-bond donors (Lipinski definition) is 3. The second-order valence-corrected chi connectivity index (χ2v) is 10.2. The third-order valence-electron chi connectivity index (χ3n) is 7.33. The van der Waals surface area contributed by atoms with Crippen LogP contribution in [0.2, 0.25) is 0 Å². The summed E-state index contributed by atoms with van der Waals surface area (Å²) in [4.78, 5) is 34.9. The summed E-state index contributed by atoms with van der Waals surface area (Å²) in [6.07, 6.45) is 0.705. The average molecular weight is 538 g/mol. The number of ether oxygens (including phenoxy) is 2. The first-order valence-electron chi connectivity index (χ1n) is 13.2. The number of esters is 1. The van der Waals surface area contributed by atoms with Crippen LogP contribution in [0.25, 0.3) is 21.9 Å². The molecule has 0 saturated heterocycles. The summed E-state index contributed by atoms with van der Waals surface area (Å²) in [5, 5.41) is 24.3. The second-order valence-electron chi connectivity index (χ2n) is 10.2. The minimum Gasteiger partial charge on any atom is -0.459 e. The molecule has 1 aliphatic carbocycles. The predicted octanol–water partition coefficient (Wildman–Crippen LogP) is 4.34. The summed E-state index contributed by atoms with van der Waals surface area (Å²) >= 11 is 0. The van der Waals surface area contributed by atoms with E-state index in [1.54, 1.807) is 0 Å². The Morgan fingerprint density at radius 1 is 1.21 bits per heavy atom. The van der Waals surface area contributed by atoms with Gasteiger partial charge in [-0.15, -0.1) is 5.10 Å². The van der Waals surface area contributed by atoms with Crippen LogP contribution in [0, 0.1) is 25.3 Å². The van der Waals surface area contributed by atoms with E-state index < -0.39 is 18.2 Å². The fraction of sp³-hybridized carbons (Fsp3) is 0.500. The molecule has 3 aromatic rings. The Labute approximate surface area is 227 Å². The molecule has 1 saturated carbocycles. The smallest absolute Gasteiger partial charge is 0.415 e. The van der Waals surface area contributed by atoms with Crippen molar-refractivity contribution in [2.75, 3.05) is 19.8 Å². The molecule has 39 heavy (non-hydrogen) atoms. The topological polar surface area (TPSA) is 134 Å². The number of carbonyl (C=O) groups is 2. The maximum Gasteiger partial charge on any atom is 0.415 e. The van der Waals surface area contributed by atoms with Gasteiger partial charge in [0.25, 0.3) is 5.69 Å². The van der Waals surface area contributed by atoms with Crippen LogP contribution in [0.4, 0.5) is 10.5 Å². The zero-order valence-electron chi connectivity index (χ0n) is 22.7. The lowest BCUT2D eigenvalue weighted by Crippen LogP contribution is -2.40. The molecule has 0 aliphatic heterocycles. The summed E-state index contributed by atoms with van der Waals surface area (Å²) in [7, 11) is 0. The molecule has 1 aromatic carbocycles. The number of aromatic amines is 1. The third-order valence-corrected chi connectivity index (χ3v) is 7.33. The van der Waals surface area contributed by atoms with Gasteiger partial charge in [-0.25, -0.2) is 14.4 Å². The fourth-order valence-corrected chi connectivity index (χ4v) is 5.17. The van der Waals surface area contributed by atoms with Crippen molar-refractivity contribution in [1.82, 2.24) is 19.5 Å². The fourth-order valence-electron chi connectivity index (χ4n) is 5.17. The Kier molecular flexibility index (Phi) is 8.57. The van der Waals surface area contributed by atoms with Crippen molar-refractivity contribution in [3.8, 4) is 17.3 Å². The molecule has 1 aliphatic rings. The lowest BCUT2D eigenvalue weighted by Gasteiger charge is -2.35. The van der Waals surface area contributed by atoms with Gasteiger partial charge >= 0.3 is 12.1 Å². The first kappa shape index (κ1) is 28.1. The first-order chi connectivity index (χ1) is 18.7. The maximum atomic E-state index is 13.7. The van der Waals surface area contributed by atoms with Crippen molar-refractivity contribution >= 4 is 23.4 Å². The van der Waals surface area contributed by atoms with Crippen LogP contribution in [0.5, 0.6) is 5.88 Å². The molecule has 11 heteroatoms. The number of carbonyl (C=O) groups excluding carboxylic acids is 2. The van der Waals surface area contributed by atoms with Gasteiger partial charge in [-0.3, -0.25) is 0 Å². The van der Waals surface area contributed by atoms with Crippen LogP contribution < -0.4 is 4.74 Å². The molecule has 0 radical (unpaired) electrons. The maximum absolute atomic E-state index is 13.7. The zero-order valence-corrected chi connectivity index (χ0v) is 22.7. The van der Waals surface area contributed by atoms with Crippen molar-refractivity contribution in [3.05, 3.63) is 46.8 Å². The minimum absolute atomic E-state index is 0.120. The van der Waals surface area contributed by atoms with E-state index in [-0.39, 0.29) is 53.9 Å². The minimum atomic E-state index is -0.820. The van der Waals surface area contributed by atoms with Gasteiger partial charge in [0.15, 0.2) is 5.82 Å². The number of aliphatic hydroxyl groups excluding tert-OH is 2. The summed E-state index contributed by atoms with van der Waals surface area (Å²) in [6, 6.07) is 7.42. The van der Waals surface area contributed by atoms with E-state index in [1.807, 2.05) is 52.0 Å². The van der Waals surface area contributed by atoms with E-state index in [2.05, 4.69) is 14.9 Å². The highest BCUT2D eigenvalue weighted by atomic mass is 16.6. The van der Waals surface area contributed by atoms with Gasteiger partial charge < -0.3 is 29.6 Å². The van der Waals surface area contributed by atoms with Gasteiger partial charge in [0.2, 0.25) is 5.88 Å². The van der Waals surface area contributed by atoms with Crippen LogP contribution in [0.1, 0.15) is 56.0 Å². The Morgan fingerprint density at radius 3 is 2.38 bits per heavy atom. The summed E-state index contributed by atoms with van der Waals surface area (Å²) in [6.45, 7) is 15.3. The Balaban J connectivity index is 1.82. The lowest BCUT2D eigenvalue weighted by atomic mass is 9.79. The van der Waals surface area contributed by atoms with Crippen LogP contribution in [0.3, 0.4) is 0 Å². The van der Waals surface area contributed by atoms with E-state index in [0.717, 1.165) is 17.5 Å². The molecule has 2 atom stereocenters. The number of rotatable bonds is 8. The number of hydrogen-bond acceptors (Lipinski definition) is 7. The van der Waals surface area contributed by atoms with Gasteiger partial charge in [0.05, 0.1) is 6.57 Å². The molecule has 0 bridgehead atoms. The predicted molar refractivity (Wildman–Crippen MR) is 144 cm³/mol. The SMILES string of the molecule is [C-]#[N+]c1c(C(=O)OC2C(CO)CCCC2CO)c2[nH]c(-c3ccc(C)cc3)nn2c1OC(=O)N(CC)C(C)C. The number of benzene rings is 1. The van der Waals surface area contributed by atoms with Crippen molar-refractivity contribution in [1.29, 1.82) is 0 Å². The number of aryl methyl sites for hydroxylation is 1. The Bertz CT molecular complexity index is 1360. The highest BCUT2D eigenvalue weighted by Gasteiger charge is 2.38. The van der Waals surface area contributed by atoms with Crippen LogP contribution in [-0.2, 0) is 4.74 Å². The normalized spacial score (nSPS) is 19.2. The van der Waals surface area contributed by atoms with Crippen LogP contribution in [-0.4, -0.2) is 73.7 Å². The molecule has 2 heterocycles. The molecular formula is C28H35N5O6. The van der Waals surface area contributed by atoms with Gasteiger partial charge in [0.1, 0.15) is 17.3 Å². The van der Waals surface area contributed by atoms with E-state index in [0.29, 0.717) is 25.2 Å². The van der Waals surface area contributed by atoms with Gasteiger partial charge in [0, 0.05) is 43.2 Å². The molecule has 2 unspecified atom stereocenters. The largest absolute Gasteiger partial charge is 0.459 e. The van der Waals surface area contributed by atoms with E-state index >= 15 is 0 Å². The molecule has 1 fully saturated rings. The number of fused-ring (bicyclic) bond motifs is 1. The molecule has 11 nitrogen and oxygen atoms in total. The first-order valence-corrected chi connectivity index (χ1v) is 13.2. The number of amides is 1. The molecule has 208 valence electrons. The molecule has 4 rings (SSSR count). The van der Waals surface area contributed by atoms with E-state index in [9.17, 15) is 19.8 Å². The van der Waals surface area contributed by atoms with Crippen molar-refractivity contribution in [2.45, 2.75) is 59.1 Å². The Morgan fingerprint density at radius 2 is 1.85 bits per heavy atom. The molecule has 2 aromatic heterocycles. The van der Waals surface area contributed by atoms with Gasteiger partial charge in [-0.05, 0) is 40.5 Å². The number of nitrogens with one attached hydrogen (secondary N) is 1. The third kappa shape index (κ3) is 5.48.